The number of rotatable bonds is 1. The van der Waals surface area contributed by atoms with Crippen molar-refractivity contribution in [3.63, 3.8) is 0 Å². The van der Waals surface area contributed by atoms with Crippen LogP contribution in [-0.2, 0) is 0 Å². The minimum Gasteiger partial charge on any atom is -0.314 e. The number of anilines is 1. The monoisotopic (exact) mass is 174 g/mol. The van der Waals surface area contributed by atoms with Crippen LogP contribution < -0.4 is 10.9 Å². The number of benzene rings is 1. The second-order valence-corrected chi connectivity index (χ2v) is 2.62. The van der Waals surface area contributed by atoms with Crippen molar-refractivity contribution in [3.8, 4) is 0 Å². The molecule has 0 heterocycles. The van der Waals surface area contributed by atoms with Gasteiger partial charge in [-0.2, -0.15) is 0 Å². The van der Waals surface area contributed by atoms with E-state index in [2.05, 4.69) is 0 Å². The van der Waals surface area contributed by atoms with E-state index in [1.54, 1.807) is 13.1 Å². The lowest BCUT2D eigenvalue weighted by Crippen LogP contribution is -2.24. The van der Waals surface area contributed by atoms with E-state index in [4.69, 9.17) is 17.4 Å². The van der Waals surface area contributed by atoms with Crippen molar-refractivity contribution in [1.29, 1.82) is 0 Å². The van der Waals surface area contributed by atoms with Gasteiger partial charge in [0.15, 0.2) is 0 Å². The van der Waals surface area contributed by atoms with Gasteiger partial charge in [-0.15, -0.1) is 0 Å². The predicted octanol–water partition coefficient (Wildman–Crippen LogP) is 1.79. The molecule has 0 amide bonds. The average Bonchev–Trinajstić information content (AvgIpc) is 1.94. The SMILES string of the molecule is CN(N)c1ccc(Cl)c(F)c1. The predicted molar refractivity (Wildman–Crippen MR) is 44.0 cm³/mol. The molecule has 2 N–H and O–H groups in total. The highest BCUT2D eigenvalue weighted by Gasteiger charge is 2.01. The van der Waals surface area contributed by atoms with Crippen LogP contribution in [0.15, 0.2) is 18.2 Å². The fourth-order valence-corrected chi connectivity index (χ4v) is 0.822. The average molecular weight is 175 g/mol. The van der Waals surface area contributed by atoms with Crippen LogP contribution in [0.1, 0.15) is 0 Å². The summed E-state index contributed by atoms with van der Waals surface area (Å²) in [6.45, 7) is 0. The molecule has 0 saturated carbocycles. The summed E-state index contributed by atoms with van der Waals surface area (Å²) in [6, 6.07) is 4.39. The van der Waals surface area contributed by atoms with Crippen LogP contribution in [-0.4, -0.2) is 7.05 Å². The van der Waals surface area contributed by atoms with Crippen LogP contribution in [0.5, 0.6) is 0 Å². The van der Waals surface area contributed by atoms with Crippen LogP contribution in [0.2, 0.25) is 5.02 Å². The molecular weight excluding hydrogens is 167 g/mol. The molecule has 0 radical (unpaired) electrons. The number of nitrogens with zero attached hydrogens (tertiary/aromatic N) is 1. The molecule has 11 heavy (non-hydrogen) atoms. The van der Waals surface area contributed by atoms with Gasteiger partial charge in [0.2, 0.25) is 0 Å². The molecule has 0 aromatic heterocycles. The summed E-state index contributed by atoms with van der Waals surface area (Å²) >= 11 is 5.45. The summed E-state index contributed by atoms with van der Waals surface area (Å²) < 4.78 is 12.7. The van der Waals surface area contributed by atoms with Crippen molar-refractivity contribution in [2.45, 2.75) is 0 Å². The molecular formula is C7H8ClFN2. The van der Waals surface area contributed by atoms with E-state index < -0.39 is 5.82 Å². The van der Waals surface area contributed by atoms with E-state index in [1.807, 2.05) is 0 Å². The maximum absolute atomic E-state index is 12.7. The quantitative estimate of drug-likeness (QED) is 0.520. The minimum atomic E-state index is -0.457. The number of halogens is 2. The van der Waals surface area contributed by atoms with E-state index in [0.29, 0.717) is 5.69 Å². The highest BCUT2D eigenvalue weighted by atomic mass is 35.5. The summed E-state index contributed by atoms with van der Waals surface area (Å²) in [7, 11) is 1.63. The zero-order valence-corrected chi connectivity index (χ0v) is 6.77. The third kappa shape index (κ3) is 1.82. The van der Waals surface area contributed by atoms with Gasteiger partial charge < -0.3 is 5.01 Å². The Labute approximate surface area is 69.3 Å². The summed E-state index contributed by atoms with van der Waals surface area (Å²) in [6.07, 6.45) is 0. The standard InChI is InChI=1S/C7H8ClFN2/c1-11(10)5-2-3-6(8)7(9)4-5/h2-4H,10H2,1H3. The van der Waals surface area contributed by atoms with Crippen LogP contribution in [0.25, 0.3) is 0 Å². The maximum Gasteiger partial charge on any atom is 0.143 e. The van der Waals surface area contributed by atoms with Gasteiger partial charge in [-0.25, -0.2) is 10.2 Å². The van der Waals surface area contributed by atoms with Crippen molar-refractivity contribution in [2.24, 2.45) is 5.84 Å². The lowest BCUT2D eigenvalue weighted by molar-refractivity contribution is 0.628. The van der Waals surface area contributed by atoms with Gasteiger partial charge >= 0.3 is 0 Å². The third-order valence-electron chi connectivity index (χ3n) is 1.31. The molecule has 4 heteroatoms. The van der Waals surface area contributed by atoms with Crippen molar-refractivity contribution in [1.82, 2.24) is 0 Å². The maximum atomic E-state index is 12.7. The molecule has 60 valence electrons. The minimum absolute atomic E-state index is 0.107. The van der Waals surface area contributed by atoms with Crippen LogP contribution in [0.3, 0.4) is 0 Å². The summed E-state index contributed by atoms with van der Waals surface area (Å²) in [5.74, 6) is 4.90. The Morgan fingerprint density at radius 1 is 1.55 bits per heavy atom. The summed E-state index contributed by atoms with van der Waals surface area (Å²) in [5.41, 5.74) is 0.590. The largest absolute Gasteiger partial charge is 0.314 e. The van der Waals surface area contributed by atoms with Crippen molar-refractivity contribution in [3.05, 3.63) is 29.0 Å². The smallest absolute Gasteiger partial charge is 0.143 e. The molecule has 0 atom stereocenters. The second kappa shape index (κ2) is 3.07. The fourth-order valence-electron chi connectivity index (χ4n) is 0.704. The molecule has 0 saturated heterocycles. The first-order valence-electron chi connectivity index (χ1n) is 3.05. The molecule has 1 aromatic carbocycles. The van der Waals surface area contributed by atoms with Gasteiger partial charge in [0, 0.05) is 13.1 Å². The molecule has 0 fully saturated rings. The summed E-state index contributed by atoms with van der Waals surface area (Å²) in [4.78, 5) is 0. The van der Waals surface area contributed by atoms with Gasteiger partial charge in [0.25, 0.3) is 0 Å². The van der Waals surface area contributed by atoms with Gasteiger partial charge in [-0.05, 0) is 12.1 Å². The Morgan fingerprint density at radius 2 is 2.18 bits per heavy atom. The summed E-state index contributed by atoms with van der Waals surface area (Å²) in [5, 5.41) is 1.43. The van der Waals surface area contributed by atoms with Crippen LogP contribution >= 0.6 is 11.6 Å². The molecule has 1 aromatic rings. The molecule has 2 nitrogen and oxygen atoms in total. The van der Waals surface area contributed by atoms with Crippen LogP contribution in [0.4, 0.5) is 10.1 Å². The molecule has 0 aliphatic carbocycles. The first kappa shape index (κ1) is 8.30. The van der Waals surface area contributed by atoms with Gasteiger partial charge in [-0.3, -0.25) is 0 Å². The highest BCUT2D eigenvalue weighted by Crippen LogP contribution is 2.19. The topological polar surface area (TPSA) is 29.3 Å². The Kier molecular flexibility index (Phi) is 2.31. The number of hydrazine groups is 1. The normalized spacial score (nSPS) is 9.82. The van der Waals surface area contributed by atoms with Gasteiger partial charge in [-0.1, -0.05) is 11.6 Å². The van der Waals surface area contributed by atoms with E-state index in [1.165, 1.54) is 17.1 Å². The lowest BCUT2D eigenvalue weighted by Gasteiger charge is -2.11. The van der Waals surface area contributed by atoms with E-state index in [-0.39, 0.29) is 5.02 Å². The molecule has 1 rings (SSSR count). The third-order valence-corrected chi connectivity index (χ3v) is 1.62. The number of hydrogen-bond donors (Lipinski definition) is 1. The molecule has 0 bridgehead atoms. The lowest BCUT2D eigenvalue weighted by atomic mass is 10.3. The first-order valence-corrected chi connectivity index (χ1v) is 3.42. The van der Waals surface area contributed by atoms with Crippen molar-refractivity contribution >= 4 is 17.3 Å². The molecule has 0 spiro atoms. The highest BCUT2D eigenvalue weighted by molar-refractivity contribution is 6.30. The number of nitrogens with two attached hydrogens (primary N) is 1. The first-order chi connectivity index (χ1) is 5.11. The number of hydrogen-bond acceptors (Lipinski definition) is 2. The van der Waals surface area contributed by atoms with E-state index in [0.717, 1.165) is 0 Å². The van der Waals surface area contributed by atoms with Crippen molar-refractivity contribution in [2.75, 3.05) is 12.1 Å². The Hall–Kier alpha value is -0.800. The zero-order valence-electron chi connectivity index (χ0n) is 6.01. The zero-order chi connectivity index (χ0) is 8.43. The Morgan fingerprint density at radius 3 is 2.64 bits per heavy atom. The van der Waals surface area contributed by atoms with Gasteiger partial charge in [0.1, 0.15) is 5.82 Å². The second-order valence-electron chi connectivity index (χ2n) is 2.21. The molecule has 0 unspecified atom stereocenters. The Bertz CT molecular complexity index is 263. The fraction of sp³-hybridized carbons (Fsp3) is 0.143. The van der Waals surface area contributed by atoms with Crippen molar-refractivity contribution < 1.29 is 4.39 Å². The molecule has 0 aliphatic rings. The molecule has 0 aliphatic heterocycles. The van der Waals surface area contributed by atoms with Crippen LogP contribution in [0, 0.1) is 5.82 Å². The van der Waals surface area contributed by atoms with E-state index >= 15 is 0 Å². The Balaban J connectivity index is 3.05. The van der Waals surface area contributed by atoms with E-state index in [9.17, 15) is 4.39 Å². The van der Waals surface area contributed by atoms with Gasteiger partial charge in [0.05, 0.1) is 10.7 Å².